The maximum Gasteiger partial charge on any atom is -1.00 e. The molecule has 1 rings (SSSR count). The monoisotopic (exact) mass is 341 g/mol. The van der Waals surface area contributed by atoms with Crippen molar-refractivity contribution in [2.75, 3.05) is 0 Å². The molecular formula is C13H23Cl2OSiTi. The predicted octanol–water partition coefficient (Wildman–Crippen LogP) is -2.65. The standard InChI is InChI=1S/C13H23OSi.2ClH.Ti/c1-13(2,3)14-12(15(4)5)10-11-8-6-7-9-11;;;/h6,8,12,15H,7,10H2,1-5H3;2*1H;/q;;;+2/p-2. The van der Waals surface area contributed by atoms with Crippen molar-refractivity contribution in [1.29, 1.82) is 0 Å². The molecule has 0 aliphatic heterocycles. The second kappa shape index (κ2) is 8.99. The predicted molar refractivity (Wildman–Crippen MR) is 68.9 cm³/mol. The van der Waals surface area contributed by atoms with E-state index in [0.29, 0.717) is 5.73 Å². The van der Waals surface area contributed by atoms with Gasteiger partial charge in [0.25, 0.3) is 0 Å². The zero-order valence-electron chi connectivity index (χ0n) is 11.9. The Labute approximate surface area is 138 Å². The van der Waals surface area contributed by atoms with Gasteiger partial charge >= 0.3 is 114 Å². The van der Waals surface area contributed by atoms with E-state index in [1.54, 1.807) is 0 Å². The molecule has 0 saturated carbocycles. The Morgan fingerprint density at radius 1 is 1.33 bits per heavy atom. The van der Waals surface area contributed by atoms with E-state index in [0.717, 1.165) is 12.8 Å². The van der Waals surface area contributed by atoms with Crippen LogP contribution in [0.3, 0.4) is 0 Å². The third-order valence-electron chi connectivity index (χ3n) is 2.70. The molecule has 1 nitrogen and oxygen atoms in total. The molecule has 0 spiro atoms. The molecule has 1 aliphatic carbocycles. The average Bonchev–Trinajstić information content (AvgIpc) is 2.48. The maximum absolute atomic E-state index is 6.20. The van der Waals surface area contributed by atoms with Gasteiger partial charge in [0, 0.05) is 0 Å². The number of hydrogen-bond donors (Lipinski definition) is 0. The first kappa shape index (κ1) is 21.3. The Balaban J connectivity index is 0. The molecule has 1 aliphatic rings. The summed E-state index contributed by atoms with van der Waals surface area (Å²) in [6.45, 7) is 11.2. The molecule has 0 radical (unpaired) electrons. The summed E-state index contributed by atoms with van der Waals surface area (Å²) in [7, 11) is -0.759. The van der Waals surface area contributed by atoms with Gasteiger partial charge in [-0.05, 0) is 0 Å². The Kier molecular flexibility index (Phi) is 10.6. The first-order valence-corrected chi connectivity index (χ1v) is 9.83. The largest absolute Gasteiger partial charge is 1.00 e. The molecule has 0 aromatic rings. The number of halogens is 2. The summed E-state index contributed by atoms with van der Waals surface area (Å²) < 4.78 is 7.73. The smallest absolute Gasteiger partial charge is 1.00 e. The van der Waals surface area contributed by atoms with Crippen LogP contribution < -0.4 is 24.8 Å². The molecule has 0 amide bonds. The SMILES string of the molecule is C[SiH](C)C(CC1=[C]([Ti+2])CC=C1)OC(C)(C)C.[Cl-].[Cl-]. The summed E-state index contributed by atoms with van der Waals surface area (Å²) in [5.41, 5.74) is 1.96. The second-order valence-corrected chi connectivity index (χ2v) is 10.0. The van der Waals surface area contributed by atoms with Crippen molar-refractivity contribution in [2.45, 2.75) is 58.0 Å². The van der Waals surface area contributed by atoms with Gasteiger partial charge in [-0.1, -0.05) is 0 Å². The Hall–Kier alpha value is 0.951. The first-order chi connectivity index (χ1) is 7.29. The third kappa shape index (κ3) is 7.52. The fraction of sp³-hybridized carbons (Fsp3) is 0.692. The van der Waals surface area contributed by atoms with Crippen LogP contribution in [0.5, 0.6) is 0 Å². The van der Waals surface area contributed by atoms with E-state index in [1.165, 1.54) is 9.45 Å². The minimum absolute atomic E-state index is 0. The van der Waals surface area contributed by atoms with E-state index in [1.807, 2.05) is 0 Å². The van der Waals surface area contributed by atoms with Crippen molar-refractivity contribution in [1.82, 2.24) is 0 Å². The van der Waals surface area contributed by atoms with E-state index in [-0.39, 0.29) is 30.4 Å². The Morgan fingerprint density at radius 2 is 1.89 bits per heavy atom. The molecule has 0 fully saturated rings. The summed E-state index contributed by atoms with van der Waals surface area (Å²) in [5, 5.41) is 0. The van der Waals surface area contributed by atoms with Gasteiger partial charge in [0.2, 0.25) is 0 Å². The van der Waals surface area contributed by atoms with Gasteiger partial charge in [0.05, 0.1) is 0 Å². The zero-order chi connectivity index (χ0) is 12.3. The van der Waals surface area contributed by atoms with Gasteiger partial charge in [-0.25, -0.2) is 0 Å². The molecule has 103 valence electrons. The van der Waals surface area contributed by atoms with Crippen LogP contribution in [0.1, 0.15) is 33.6 Å². The van der Waals surface area contributed by atoms with E-state index in [4.69, 9.17) is 4.74 Å². The summed E-state index contributed by atoms with van der Waals surface area (Å²) in [6.07, 6.45) is 6.80. The average molecular weight is 342 g/mol. The molecule has 0 heterocycles. The molecule has 0 bridgehead atoms. The van der Waals surface area contributed by atoms with E-state index >= 15 is 0 Å². The second-order valence-electron chi connectivity index (χ2n) is 5.83. The normalized spacial score (nSPS) is 16.7. The van der Waals surface area contributed by atoms with Crippen molar-refractivity contribution < 1.29 is 50.0 Å². The molecule has 18 heavy (non-hydrogen) atoms. The molecule has 1 unspecified atom stereocenters. The van der Waals surface area contributed by atoms with Crippen molar-refractivity contribution >= 4 is 8.80 Å². The van der Waals surface area contributed by atoms with E-state index < -0.39 is 8.80 Å². The third-order valence-corrected chi connectivity index (χ3v) is 5.38. The fourth-order valence-electron chi connectivity index (χ4n) is 1.83. The fourth-order valence-corrected chi connectivity index (χ4v) is 3.71. The summed E-state index contributed by atoms with van der Waals surface area (Å²) in [5.74, 6) is 0. The van der Waals surface area contributed by atoms with Crippen molar-refractivity contribution in [3.63, 3.8) is 0 Å². The molecule has 0 aromatic heterocycles. The van der Waals surface area contributed by atoms with Crippen LogP contribution in [-0.2, 0) is 25.2 Å². The van der Waals surface area contributed by atoms with Crippen molar-refractivity contribution in [3.8, 4) is 0 Å². The first-order valence-electron chi connectivity index (χ1n) is 6.07. The van der Waals surface area contributed by atoms with Gasteiger partial charge in [-0.15, -0.1) is 0 Å². The van der Waals surface area contributed by atoms with Gasteiger partial charge in [-0.2, -0.15) is 0 Å². The minimum atomic E-state index is -0.759. The van der Waals surface area contributed by atoms with E-state index in [2.05, 4.69) is 66.5 Å². The van der Waals surface area contributed by atoms with Gasteiger partial charge in [0.15, 0.2) is 0 Å². The Bertz CT molecular complexity index is 309. The number of rotatable bonds is 4. The quantitative estimate of drug-likeness (QED) is 0.508. The topological polar surface area (TPSA) is 9.23 Å². The molecule has 5 heteroatoms. The van der Waals surface area contributed by atoms with Gasteiger partial charge < -0.3 is 24.8 Å². The minimum Gasteiger partial charge on any atom is -1.00 e. The van der Waals surface area contributed by atoms with Crippen molar-refractivity contribution in [3.05, 3.63) is 21.6 Å². The maximum atomic E-state index is 6.20. The van der Waals surface area contributed by atoms with Crippen LogP contribution >= 0.6 is 0 Å². The summed E-state index contributed by atoms with van der Waals surface area (Å²) in [4.78, 5) is 0. The molecule has 0 aromatic carbocycles. The summed E-state index contributed by atoms with van der Waals surface area (Å²) in [6, 6.07) is 0. The van der Waals surface area contributed by atoms with Crippen LogP contribution in [0, 0.1) is 0 Å². The number of hydrogen-bond acceptors (Lipinski definition) is 1. The van der Waals surface area contributed by atoms with Crippen LogP contribution in [0.25, 0.3) is 0 Å². The Morgan fingerprint density at radius 3 is 2.22 bits per heavy atom. The number of ether oxygens (including phenoxy) is 1. The zero-order valence-corrected chi connectivity index (χ0v) is 16.1. The van der Waals surface area contributed by atoms with Crippen LogP contribution in [0.4, 0.5) is 0 Å². The number of allylic oxidation sites excluding steroid dienone is 3. The molecule has 0 N–H and O–H groups in total. The van der Waals surface area contributed by atoms with Crippen LogP contribution in [-0.4, -0.2) is 20.1 Å². The van der Waals surface area contributed by atoms with Gasteiger partial charge in [0.1, 0.15) is 0 Å². The summed E-state index contributed by atoms with van der Waals surface area (Å²) >= 11 is 2.24. The molecule has 0 saturated heterocycles. The van der Waals surface area contributed by atoms with E-state index in [9.17, 15) is 0 Å². The van der Waals surface area contributed by atoms with Crippen LogP contribution in [0.15, 0.2) is 21.6 Å². The van der Waals surface area contributed by atoms with Crippen molar-refractivity contribution in [2.24, 2.45) is 0 Å². The molecular weight excluding hydrogens is 319 g/mol. The van der Waals surface area contributed by atoms with Crippen LogP contribution in [0.2, 0.25) is 13.1 Å². The van der Waals surface area contributed by atoms with Gasteiger partial charge in [-0.3, -0.25) is 0 Å². The molecule has 1 atom stereocenters.